The second-order valence-electron chi connectivity index (χ2n) is 4.28. The molecule has 6 heteroatoms. The zero-order valence-corrected chi connectivity index (χ0v) is 13.2. The van der Waals surface area contributed by atoms with Crippen LogP contribution in [-0.4, -0.2) is 10.1 Å². The summed E-state index contributed by atoms with van der Waals surface area (Å²) in [6, 6.07) is 10.0. The van der Waals surface area contributed by atoms with Crippen LogP contribution in [0.3, 0.4) is 0 Å². The molecule has 0 radical (unpaired) electrons. The minimum Gasteiger partial charge on any atom is -0.380 e. The van der Waals surface area contributed by atoms with Gasteiger partial charge in [0.25, 0.3) is 5.89 Å². The van der Waals surface area contributed by atoms with Gasteiger partial charge in [0.05, 0.1) is 5.56 Å². The molecule has 2 heterocycles. The van der Waals surface area contributed by atoms with Gasteiger partial charge < -0.3 is 9.84 Å². The van der Waals surface area contributed by atoms with Gasteiger partial charge in [0.1, 0.15) is 0 Å². The van der Waals surface area contributed by atoms with E-state index in [9.17, 15) is 0 Å². The molecule has 3 rings (SSSR count). The first-order chi connectivity index (χ1) is 9.72. The van der Waals surface area contributed by atoms with Crippen molar-refractivity contribution in [3.63, 3.8) is 0 Å². The lowest BCUT2D eigenvalue weighted by molar-refractivity contribution is 0.426. The molecular weight excluding hydrogens is 338 g/mol. The van der Waals surface area contributed by atoms with Crippen LogP contribution in [0.5, 0.6) is 0 Å². The van der Waals surface area contributed by atoms with Gasteiger partial charge in [-0.25, -0.2) is 0 Å². The Bertz CT molecular complexity index is 723. The fraction of sp³-hybridized carbons (Fsp3) is 0.143. The molecule has 20 heavy (non-hydrogen) atoms. The molecule has 1 N–H and O–H groups in total. The number of anilines is 1. The number of thiophene rings is 1. The predicted octanol–water partition coefficient (Wildman–Crippen LogP) is 4.48. The average molecular weight is 350 g/mol. The predicted molar refractivity (Wildman–Crippen MR) is 83.8 cm³/mol. The molecule has 0 bridgehead atoms. The van der Waals surface area contributed by atoms with Gasteiger partial charge in [0, 0.05) is 27.0 Å². The smallest absolute Gasteiger partial charge is 0.260 e. The number of aryl methyl sites for hydroxylation is 1. The number of hydrogen-bond donors (Lipinski definition) is 1. The number of hydrogen-bond acceptors (Lipinski definition) is 5. The normalized spacial score (nSPS) is 10.7. The summed E-state index contributed by atoms with van der Waals surface area (Å²) < 4.78 is 6.35. The number of halogens is 1. The molecule has 4 nitrogen and oxygen atoms in total. The van der Waals surface area contributed by atoms with Gasteiger partial charge in [0.2, 0.25) is 0 Å². The van der Waals surface area contributed by atoms with Crippen molar-refractivity contribution in [2.75, 3.05) is 5.32 Å². The van der Waals surface area contributed by atoms with Crippen molar-refractivity contribution in [3.05, 3.63) is 50.9 Å². The Hall–Kier alpha value is -1.66. The first-order valence-corrected chi connectivity index (χ1v) is 7.76. The van der Waals surface area contributed by atoms with Gasteiger partial charge in [-0.05, 0) is 41.1 Å². The van der Waals surface area contributed by atoms with E-state index in [0.29, 0.717) is 11.7 Å². The molecule has 102 valence electrons. The number of nitrogens with zero attached hydrogens (tertiary/aromatic N) is 2. The van der Waals surface area contributed by atoms with Crippen molar-refractivity contribution < 1.29 is 4.52 Å². The van der Waals surface area contributed by atoms with E-state index < -0.39 is 0 Å². The fourth-order valence-electron chi connectivity index (χ4n) is 1.86. The zero-order chi connectivity index (χ0) is 13.9. The Morgan fingerprint density at radius 2 is 2.20 bits per heavy atom. The molecule has 0 fully saturated rings. The topological polar surface area (TPSA) is 51.0 Å². The highest BCUT2D eigenvalue weighted by Crippen LogP contribution is 2.27. The maximum Gasteiger partial charge on any atom is 0.260 e. The Labute approximate surface area is 129 Å². The summed E-state index contributed by atoms with van der Waals surface area (Å²) in [4.78, 5) is 5.54. The zero-order valence-electron chi connectivity index (χ0n) is 10.8. The van der Waals surface area contributed by atoms with Crippen LogP contribution in [0.2, 0.25) is 0 Å². The number of nitrogens with one attached hydrogen (secondary N) is 1. The number of rotatable bonds is 4. The van der Waals surface area contributed by atoms with Crippen molar-refractivity contribution in [2.24, 2.45) is 0 Å². The van der Waals surface area contributed by atoms with Crippen LogP contribution in [0.25, 0.3) is 11.5 Å². The van der Waals surface area contributed by atoms with Gasteiger partial charge in [-0.2, -0.15) is 4.98 Å². The minimum absolute atomic E-state index is 0.540. The van der Waals surface area contributed by atoms with E-state index in [-0.39, 0.29) is 0 Å². The lowest BCUT2D eigenvalue weighted by atomic mass is 10.1. The van der Waals surface area contributed by atoms with Crippen LogP contribution >= 0.6 is 27.3 Å². The monoisotopic (exact) mass is 349 g/mol. The highest BCUT2D eigenvalue weighted by atomic mass is 79.9. The van der Waals surface area contributed by atoms with Crippen LogP contribution in [-0.2, 0) is 6.54 Å². The Morgan fingerprint density at radius 3 is 2.90 bits per heavy atom. The van der Waals surface area contributed by atoms with Crippen molar-refractivity contribution in [1.29, 1.82) is 0 Å². The molecule has 0 spiro atoms. The van der Waals surface area contributed by atoms with Crippen molar-refractivity contribution >= 4 is 33.0 Å². The van der Waals surface area contributed by atoms with Gasteiger partial charge in [-0.15, -0.1) is 11.3 Å². The van der Waals surface area contributed by atoms with Crippen LogP contribution in [0, 0.1) is 6.92 Å². The fourth-order valence-corrected chi connectivity index (χ4v) is 3.25. The largest absolute Gasteiger partial charge is 0.380 e. The third-order valence-electron chi connectivity index (χ3n) is 2.76. The SMILES string of the molecule is Cc1noc(-c2ccccc2NCc2cc(Br)cs2)n1. The van der Waals surface area contributed by atoms with E-state index in [1.54, 1.807) is 11.3 Å². The second-order valence-corrected chi connectivity index (χ2v) is 6.19. The van der Waals surface area contributed by atoms with E-state index >= 15 is 0 Å². The number of para-hydroxylation sites is 1. The lowest BCUT2D eigenvalue weighted by Gasteiger charge is -2.08. The molecule has 0 aliphatic rings. The third kappa shape index (κ3) is 2.91. The summed E-state index contributed by atoms with van der Waals surface area (Å²) in [6.07, 6.45) is 0. The molecule has 0 atom stereocenters. The van der Waals surface area contributed by atoms with Crippen molar-refractivity contribution in [2.45, 2.75) is 13.5 Å². The highest BCUT2D eigenvalue weighted by molar-refractivity contribution is 9.10. The maximum absolute atomic E-state index is 5.24. The molecule has 0 saturated heterocycles. The third-order valence-corrected chi connectivity index (χ3v) is 4.46. The van der Waals surface area contributed by atoms with Crippen LogP contribution in [0.4, 0.5) is 5.69 Å². The van der Waals surface area contributed by atoms with Gasteiger partial charge in [-0.1, -0.05) is 17.3 Å². The Balaban J connectivity index is 1.83. The quantitative estimate of drug-likeness (QED) is 0.754. The van der Waals surface area contributed by atoms with Gasteiger partial charge >= 0.3 is 0 Å². The minimum atomic E-state index is 0.540. The molecule has 0 aliphatic carbocycles. The second kappa shape index (κ2) is 5.76. The molecule has 1 aromatic carbocycles. The molecule has 0 saturated carbocycles. The molecule has 0 aliphatic heterocycles. The highest BCUT2D eigenvalue weighted by Gasteiger charge is 2.11. The van der Waals surface area contributed by atoms with E-state index in [1.807, 2.05) is 31.2 Å². The van der Waals surface area contributed by atoms with E-state index in [1.165, 1.54) is 4.88 Å². The van der Waals surface area contributed by atoms with Crippen LogP contribution < -0.4 is 5.32 Å². The summed E-state index contributed by atoms with van der Waals surface area (Å²) in [5.74, 6) is 1.18. The van der Waals surface area contributed by atoms with E-state index in [2.05, 4.69) is 42.8 Å². The molecular formula is C14H12BrN3OS. The molecule has 0 unspecified atom stereocenters. The van der Waals surface area contributed by atoms with E-state index in [0.717, 1.165) is 22.3 Å². The summed E-state index contributed by atoms with van der Waals surface area (Å²) in [6.45, 7) is 2.58. The summed E-state index contributed by atoms with van der Waals surface area (Å²) >= 11 is 5.18. The first-order valence-electron chi connectivity index (χ1n) is 6.09. The Kier molecular flexibility index (Phi) is 3.84. The first kappa shape index (κ1) is 13.3. The van der Waals surface area contributed by atoms with Crippen molar-refractivity contribution in [1.82, 2.24) is 10.1 Å². The number of benzene rings is 1. The van der Waals surface area contributed by atoms with Crippen LogP contribution in [0.1, 0.15) is 10.7 Å². The summed E-state index contributed by atoms with van der Waals surface area (Å²) in [7, 11) is 0. The number of aromatic nitrogens is 2. The average Bonchev–Trinajstić information content (AvgIpc) is 3.06. The van der Waals surface area contributed by atoms with Crippen molar-refractivity contribution in [3.8, 4) is 11.5 Å². The molecule has 3 aromatic rings. The van der Waals surface area contributed by atoms with Gasteiger partial charge in [0.15, 0.2) is 5.82 Å². The molecule has 0 amide bonds. The van der Waals surface area contributed by atoms with E-state index in [4.69, 9.17) is 4.52 Å². The molecule has 2 aromatic heterocycles. The summed E-state index contributed by atoms with van der Waals surface area (Å²) in [5, 5.41) is 9.32. The van der Waals surface area contributed by atoms with Gasteiger partial charge in [-0.3, -0.25) is 0 Å². The lowest BCUT2D eigenvalue weighted by Crippen LogP contribution is -1.99. The maximum atomic E-state index is 5.24. The van der Waals surface area contributed by atoms with Crippen LogP contribution in [0.15, 0.2) is 44.7 Å². The summed E-state index contributed by atoms with van der Waals surface area (Å²) in [5.41, 5.74) is 1.91. The standard InChI is InChI=1S/C14H12BrN3OS/c1-9-17-14(19-18-9)12-4-2-3-5-13(12)16-7-11-6-10(15)8-20-11/h2-6,8,16H,7H2,1H3. The Morgan fingerprint density at radius 1 is 1.35 bits per heavy atom.